The van der Waals surface area contributed by atoms with Crippen molar-refractivity contribution in [3.63, 3.8) is 0 Å². The number of ether oxygens (including phenoxy) is 1. The van der Waals surface area contributed by atoms with Crippen molar-refractivity contribution >= 4 is 21.6 Å². The number of nitrogens with zero attached hydrogens (tertiary/aromatic N) is 2. The highest BCUT2D eigenvalue weighted by atomic mass is 79.9. The standard InChI is InChI=1S/C15H19BrN2O/c1-14(2)9-18(10-15(3,4)19-14)13-6-5-11(8-17)7-12(13)16/h5-7H,9-10H2,1-4H3. The summed E-state index contributed by atoms with van der Waals surface area (Å²) < 4.78 is 7.05. The van der Waals surface area contributed by atoms with Gasteiger partial charge in [0, 0.05) is 17.6 Å². The second-order valence-electron chi connectivity index (χ2n) is 6.26. The van der Waals surface area contributed by atoms with Crippen LogP contribution in [-0.4, -0.2) is 24.3 Å². The average molecular weight is 323 g/mol. The molecular weight excluding hydrogens is 304 g/mol. The minimum atomic E-state index is -0.185. The van der Waals surface area contributed by atoms with Crippen LogP contribution >= 0.6 is 15.9 Å². The first kappa shape index (κ1) is 14.4. The summed E-state index contributed by atoms with van der Waals surface area (Å²) in [5.41, 5.74) is 1.41. The number of hydrogen-bond acceptors (Lipinski definition) is 3. The van der Waals surface area contributed by atoms with E-state index in [1.54, 1.807) is 0 Å². The van der Waals surface area contributed by atoms with Crippen molar-refractivity contribution in [2.45, 2.75) is 38.9 Å². The summed E-state index contributed by atoms with van der Waals surface area (Å²) in [6.45, 7) is 10.1. The van der Waals surface area contributed by atoms with E-state index >= 15 is 0 Å². The quantitative estimate of drug-likeness (QED) is 0.790. The highest BCUT2D eigenvalue weighted by molar-refractivity contribution is 9.10. The molecular formula is C15H19BrN2O. The van der Waals surface area contributed by atoms with Gasteiger partial charge < -0.3 is 9.64 Å². The Kier molecular flexibility index (Phi) is 3.63. The monoisotopic (exact) mass is 322 g/mol. The molecule has 0 atom stereocenters. The third kappa shape index (κ3) is 3.29. The molecule has 102 valence electrons. The van der Waals surface area contributed by atoms with Gasteiger partial charge in [-0.25, -0.2) is 0 Å². The van der Waals surface area contributed by atoms with Crippen LogP contribution < -0.4 is 4.90 Å². The second-order valence-corrected chi connectivity index (χ2v) is 7.11. The van der Waals surface area contributed by atoms with E-state index in [9.17, 15) is 0 Å². The first-order chi connectivity index (χ1) is 8.72. The van der Waals surface area contributed by atoms with Gasteiger partial charge in [0.25, 0.3) is 0 Å². The highest BCUT2D eigenvalue weighted by Gasteiger charge is 2.38. The van der Waals surface area contributed by atoms with Gasteiger partial charge in [-0.05, 0) is 61.8 Å². The number of nitriles is 1. The SMILES string of the molecule is CC1(C)CN(c2ccc(C#N)cc2Br)CC(C)(C)O1. The highest BCUT2D eigenvalue weighted by Crippen LogP contribution is 2.35. The number of hydrogen-bond donors (Lipinski definition) is 0. The number of rotatable bonds is 1. The van der Waals surface area contributed by atoms with Crippen LogP contribution in [0.2, 0.25) is 0 Å². The zero-order chi connectivity index (χ0) is 14.3. The van der Waals surface area contributed by atoms with Crippen molar-refractivity contribution in [1.82, 2.24) is 0 Å². The minimum absolute atomic E-state index is 0.185. The van der Waals surface area contributed by atoms with Gasteiger partial charge in [-0.15, -0.1) is 0 Å². The molecule has 1 heterocycles. The summed E-state index contributed by atoms with van der Waals surface area (Å²) >= 11 is 3.56. The summed E-state index contributed by atoms with van der Waals surface area (Å²) in [5, 5.41) is 8.93. The fourth-order valence-corrected chi connectivity index (χ4v) is 3.42. The topological polar surface area (TPSA) is 36.3 Å². The maximum Gasteiger partial charge on any atom is 0.0992 e. The first-order valence-electron chi connectivity index (χ1n) is 6.37. The fraction of sp³-hybridized carbons (Fsp3) is 0.533. The van der Waals surface area contributed by atoms with Gasteiger partial charge in [0.15, 0.2) is 0 Å². The Morgan fingerprint density at radius 2 is 1.79 bits per heavy atom. The molecule has 0 saturated carbocycles. The van der Waals surface area contributed by atoms with Crippen molar-refractivity contribution in [3.05, 3.63) is 28.2 Å². The molecule has 0 amide bonds. The lowest BCUT2D eigenvalue weighted by Gasteiger charge is -2.48. The molecule has 1 saturated heterocycles. The van der Waals surface area contributed by atoms with Crippen molar-refractivity contribution < 1.29 is 4.74 Å². The largest absolute Gasteiger partial charge is 0.366 e. The summed E-state index contributed by atoms with van der Waals surface area (Å²) in [6.07, 6.45) is 0. The molecule has 0 unspecified atom stereocenters. The second kappa shape index (κ2) is 4.81. The van der Waals surface area contributed by atoms with Gasteiger partial charge in [0.1, 0.15) is 0 Å². The lowest BCUT2D eigenvalue weighted by atomic mass is 9.98. The Labute approximate surface area is 123 Å². The molecule has 1 aromatic rings. The van der Waals surface area contributed by atoms with E-state index in [-0.39, 0.29) is 11.2 Å². The van der Waals surface area contributed by atoms with Crippen LogP contribution in [0, 0.1) is 11.3 Å². The number of halogens is 1. The van der Waals surface area contributed by atoms with Crippen molar-refractivity contribution in [2.75, 3.05) is 18.0 Å². The molecule has 0 bridgehead atoms. The molecule has 0 spiro atoms. The third-order valence-corrected chi connectivity index (χ3v) is 3.75. The van der Waals surface area contributed by atoms with Gasteiger partial charge in [-0.3, -0.25) is 0 Å². The molecule has 0 aliphatic carbocycles. The lowest BCUT2D eigenvalue weighted by Crippen LogP contribution is -2.57. The van der Waals surface area contributed by atoms with E-state index in [0.29, 0.717) is 5.56 Å². The fourth-order valence-electron chi connectivity index (χ4n) is 2.79. The van der Waals surface area contributed by atoms with Gasteiger partial charge >= 0.3 is 0 Å². The molecule has 0 radical (unpaired) electrons. The van der Waals surface area contributed by atoms with Crippen LogP contribution in [0.4, 0.5) is 5.69 Å². The minimum Gasteiger partial charge on any atom is -0.366 e. The Morgan fingerprint density at radius 3 is 2.26 bits per heavy atom. The summed E-state index contributed by atoms with van der Waals surface area (Å²) in [5.74, 6) is 0. The Hall–Kier alpha value is -1.05. The lowest BCUT2D eigenvalue weighted by molar-refractivity contribution is -0.133. The molecule has 1 aliphatic rings. The first-order valence-corrected chi connectivity index (χ1v) is 7.17. The van der Waals surface area contributed by atoms with E-state index in [1.165, 1.54) is 0 Å². The van der Waals surface area contributed by atoms with Crippen LogP contribution in [0.15, 0.2) is 22.7 Å². The number of anilines is 1. The van der Waals surface area contributed by atoms with Gasteiger partial charge in [-0.1, -0.05) is 0 Å². The molecule has 0 aromatic heterocycles. The maximum atomic E-state index is 8.93. The molecule has 19 heavy (non-hydrogen) atoms. The van der Waals surface area contributed by atoms with Gasteiger partial charge in [0.2, 0.25) is 0 Å². The normalized spacial score (nSPS) is 20.9. The molecule has 3 nitrogen and oxygen atoms in total. The van der Waals surface area contributed by atoms with E-state index in [0.717, 1.165) is 23.2 Å². The predicted molar refractivity (Wildman–Crippen MR) is 80.3 cm³/mol. The molecule has 2 rings (SSSR count). The van der Waals surface area contributed by atoms with Crippen LogP contribution in [0.5, 0.6) is 0 Å². The van der Waals surface area contributed by atoms with Gasteiger partial charge in [-0.2, -0.15) is 5.26 Å². The molecule has 1 fully saturated rings. The molecule has 0 N–H and O–H groups in total. The summed E-state index contributed by atoms with van der Waals surface area (Å²) in [4.78, 5) is 2.31. The van der Waals surface area contributed by atoms with Crippen LogP contribution in [0.3, 0.4) is 0 Å². The predicted octanol–water partition coefficient (Wildman–Crippen LogP) is 3.71. The van der Waals surface area contributed by atoms with Crippen LogP contribution in [-0.2, 0) is 4.74 Å². The zero-order valence-electron chi connectivity index (χ0n) is 11.8. The van der Waals surface area contributed by atoms with E-state index in [1.807, 2.05) is 18.2 Å². The smallest absolute Gasteiger partial charge is 0.0992 e. The van der Waals surface area contributed by atoms with Crippen molar-refractivity contribution in [3.8, 4) is 6.07 Å². The van der Waals surface area contributed by atoms with Crippen LogP contribution in [0.1, 0.15) is 33.3 Å². The molecule has 1 aromatic carbocycles. The molecule has 4 heteroatoms. The Morgan fingerprint density at radius 1 is 1.21 bits per heavy atom. The number of morpholine rings is 1. The molecule has 1 aliphatic heterocycles. The third-order valence-electron chi connectivity index (χ3n) is 3.11. The number of benzene rings is 1. The Balaban J connectivity index is 2.34. The zero-order valence-corrected chi connectivity index (χ0v) is 13.4. The Bertz CT molecular complexity index is 515. The average Bonchev–Trinajstić information content (AvgIpc) is 2.24. The van der Waals surface area contributed by atoms with Crippen molar-refractivity contribution in [1.29, 1.82) is 5.26 Å². The van der Waals surface area contributed by atoms with Crippen LogP contribution in [0.25, 0.3) is 0 Å². The van der Waals surface area contributed by atoms with E-state index in [4.69, 9.17) is 10.00 Å². The van der Waals surface area contributed by atoms with Gasteiger partial charge in [0.05, 0.1) is 28.5 Å². The van der Waals surface area contributed by atoms with E-state index in [2.05, 4.69) is 54.6 Å². The van der Waals surface area contributed by atoms with Crippen molar-refractivity contribution in [2.24, 2.45) is 0 Å². The summed E-state index contributed by atoms with van der Waals surface area (Å²) in [7, 11) is 0. The maximum absolute atomic E-state index is 8.93. The summed E-state index contributed by atoms with van der Waals surface area (Å²) in [6, 6.07) is 7.88. The van der Waals surface area contributed by atoms with E-state index < -0.39 is 0 Å².